The Labute approximate surface area is 85.4 Å². The van der Waals surface area contributed by atoms with Crippen molar-refractivity contribution < 1.29 is 0 Å². The third-order valence-electron chi connectivity index (χ3n) is 2.63. The molecule has 0 N–H and O–H groups in total. The van der Waals surface area contributed by atoms with Crippen molar-refractivity contribution in [3.63, 3.8) is 0 Å². The molecule has 1 nitrogen and oxygen atoms in total. The van der Waals surface area contributed by atoms with E-state index in [9.17, 15) is 0 Å². The fraction of sp³-hybridized carbons (Fsp3) is 0.231. The molecule has 72 valence electrons. The number of hydrogen-bond donors (Lipinski definition) is 0. The number of allylic oxidation sites excluding steroid dienone is 2. The van der Waals surface area contributed by atoms with Crippen molar-refractivity contribution in [3.8, 4) is 0 Å². The van der Waals surface area contributed by atoms with Crippen molar-refractivity contribution in [2.75, 3.05) is 7.05 Å². The average molecular weight is 185 g/mol. The fourth-order valence-corrected chi connectivity index (χ4v) is 1.96. The highest BCUT2D eigenvalue weighted by Gasteiger charge is 2.17. The molecule has 0 aromatic heterocycles. The van der Waals surface area contributed by atoms with Gasteiger partial charge >= 0.3 is 0 Å². The van der Waals surface area contributed by atoms with Gasteiger partial charge in [-0.25, -0.2) is 0 Å². The molecule has 0 saturated heterocycles. The van der Waals surface area contributed by atoms with E-state index in [0.29, 0.717) is 6.04 Å². The zero-order valence-corrected chi connectivity index (χ0v) is 8.64. The minimum absolute atomic E-state index is 0.404. The molecule has 1 aromatic rings. The molecule has 1 aliphatic rings. The average Bonchev–Trinajstić information content (AvgIpc) is 2.19. The highest BCUT2D eigenvalue weighted by atomic mass is 15.1. The number of hydrogen-bond acceptors (Lipinski definition) is 1. The zero-order valence-electron chi connectivity index (χ0n) is 8.64. The molecule has 0 fully saturated rings. The van der Waals surface area contributed by atoms with Gasteiger partial charge in [0.2, 0.25) is 0 Å². The maximum Gasteiger partial charge on any atom is 0.0747 e. The highest BCUT2D eigenvalue weighted by Crippen LogP contribution is 2.29. The van der Waals surface area contributed by atoms with Gasteiger partial charge in [-0.15, -0.1) is 0 Å². The fourth-order valence-electron chi connectivity index (χ4n) is 1.96. The molecule has 14 heavy (non-hydrogen) atoms. The van der Waals surface area contributed by atoms with Gasteiger partial charge in [0.05, 0.1) is 6.04 Å². The monoisotopic (exact) mass is 185 g/mol. The number of benzene rings is 1. The van der Waals surface area contributed by atoms with Gasteiger partial charge in [-0.3, -0.25) is 0 Å². The molecular weight excluding hydrogens is 170 g/mol. The lowest BCUT2D eigenvalue weighted by molar-refractivity contribution is 0.373. The smallest absolute Gasteiger partial charge is 0.0747 e. The predicted octanol–water partition coefficient (Wildman–Crippen LogP) is 3.13. The minimum Gasteiger partial charge on any atom is -0.370 e. The van der Waals surface area contributed by atoms with Gasteiger partial charge in [0.1, 0.15) is 0 Å². The Hall–Kier alpha value is -1.50. The van der Waals surface area contributed by atoms with E-state index in [-0.39, 0.29) is 0 Å². The van der Waals surface area contributed by atoms with Gasteiger partial charge in [0.15, 0.2) is 0 Å². The molecule has 0 radical (unpaired) electrons. The number of nitrogens with zero attached hydrogens (tertiary/aromatic N) is 1. The molecule has 0 saturated carbocycles. The Morgan fingerprint density at radius 2 is 1.86 bits per heavy atom. The molecular formula is C13H15N. The molecule has 1 heteroatoms. The van der Waals surface area contributed by atoms with E-state index in [1.807, 2.05) is 0 Å². The van der Waals surface area contributed by atoms with Gasteiger partial charge in [0, 0.05) is 7.05 Å². The molecule has 1 aromatic carbocycles. The lowest BCUT2D eigenvalue weighted by atomic mass is 9.97. The minimum atomic E-state index is 0.404. The van der Waals surface area contributed by atoms with Crippen molar-refractivity contribution in [1.29, 1.82) is 0 Å². The molecule has 1 atom stereocenters. The van der Waals surface area contributed by atoms with Gasteiger partial charge in [0.25, 0.3) is 0 Å². The molecule has 1 heterocycles. The van der Waals surface area contributed by atoms with Gasteiger partial charge in [-0.05, 0) is 30.3 Å². The third kappa shape index (κ3) is 1.58. The van der Waals surface area contributed by atoms with Crippen LogP contribution in [-0.4, -0.2) is 11.9 Å². The predicted molar refractivity (Wildman–Crippen MR) is 59.8 cm³/mol. The Morgan fingerprint density at radius 1 is 1.14 bits per heavy atom. The second-order valence-electron chi connectivity index (χ2n) is 3.73. The zero-order chi connectivity index (χ0) is 9.97. The lowest BCUT2D eigenvalue weighted by Crippen LogP contribution is -2.21. The topological polar surface area (TPSA) is 3.24 Å². The largest absolute Gasteiger partial charge is 0.370 e. The summed E-state index contributed by atoms with van der Waals surface area (Å²) < 4.78 is 0. The molecule has 0 amide bonds. The summed E-state index contributed by atoms with van der Waals surface area (Å²) in [5, 5.41) is 0. The van der Waals surface area contributed by atoms with E-state index >= 15 is 0 Å². The van der Waals surface area contributed by atoms with Crippen LogP contribution in [0.5, 0.6) is 0 Å². The standard InChI is InChI=1S/C13H15N/c1-11-7-6-10-14(2)13(11)12-8-4-3-5-9-12/h3-10,13H,1-2H3. The normalized spacial score (nSPS) is 20.9. The van der Waals surface area contributed by atoms with Gasteiger partial charge in [-0.2, -0.15) is 0 Å². The van der Waals surface area contributed by atoms with Crippen molar-refractivity contribution in [1.82, 2.24) is 4.90 Å². The van der Waals surface area contributed by atoms with E-state index in [1.54, 1.807) is 0 Å². The molecule has 2 rings (SSSR count). The SMILES string of the molecule is CC1=CC=CN(C)C1c1ccccc1. The molecule has 0 bridgehead atoms. The summed E-state index contributed by atoms with van der Waals surface area (Å²) in [7, 11) is 2.12. The first-order valence-corrected chi connectivity index (χ1v) is 4.91. The summed E-state index contributed by atoms with van der Waals surface area (Å²) in [6, 6.07) is 11.0. The van der Waals surface area contributed by atoms with Crippen molar-refractivity contribution in [3.05, 3.63) is 59.8 Å². The molecule has 1 unspecified atom stereocenters. The maximum absolute atomic E-state index is 2.24. The van der Waals surface area contributed by atoms with Crippen LogP contribution < -0.4 is 0 Å². The summed E-state index contributed by atoms with van der Waals surface area (Å²) >= 11 is 0. The van der Waals surface area contributed by atoms with Gasteiger partial charge in [-0.1, -0.05) is 36.4 Å². The first-order chi connectivity index (χ1) is 6.79. The van der Waals surface area contributed by atoms with Crippen LogP contribution in [0.4, 0.5) is 0 Å². The summed E-state index contributed by atoms with van der Waals surface area (Å²) in [6.45, 7) is 2.18. The van der Waals surface area contributed by atoms with Crippen molar-refractivity contribution in [2.24, 2.45) is 0 Å². The van der Waals surface area contributed by atoms with Crippen LogP contribution in [0.1, 0.15) is 18.5 Å². The highest BCUT2D eigenvalue weighted by molar-refractivity contribution is 5.32. The van der Waals surface area contributed by atoms with E-state index in [2.05, 4.69) is 67.6 Å². The molecule has 0 aliphatic carbocycles. The van der Waals surface area contributed by atoms with Crippen LogP contribution in [-0.2, 0) is 0 Å². The Balaban J connectivity index is 2.35. The van der Waals surface area contributed by atoms with Crippen molar-refractivity contribution in [2.45, 2.75) is 13.0 Å². The van der Waals surface area contributed by atoms with E-state index in [1.165, 1.54) is 11.1 Å². The van der Waals surface area contributed by atoms with Crippen LogP contribution in [0.25, 0.3) is 0 Å². The Bertz CT molecular complexity index is 362. The van der Waals surface area contributed by atoms with E-state index in [4.69, 9.17) is 0 Å². The van der Waals surface area contributed by atoms with E-state index < -0.39 is 0 Å². The van der Waals surface area contributed by atoms with Crippen LogP contribution in [0.15, 0.2) is 54.3 Å². The van der Waals surface area contributed by atoms with Crippen LogP contribution in [0.2, 0.25) is 0 Å². The molecule has 1 aliphatic heterocycles. The number of likely N-dealkylation sites (N-methyl/N-ethyl adjacent to an activating group) is 1. The summed E-state index contributed by atoms with van der Waals surface area (Å²) in [5.41, 5.74) is 2.74. The Kier molecular flexibility index (Phi) is 2.40. The summed E-state index contributed by atoms with van der Waals surface area (Å²) in [5.74, 6) is 0. The second kappa shape index (κ2) is 3.70. The first-order valence-electron chi connectivity index (χ1n) is 4.91. The van der Waals surface area contributed by atoms with E-state index in [0.717, 1.165) is 0 Å². The van der Waals surface area contributed by atoms with Crippen LogP contribution >= 0.6 is 0 Å². The van der Waals surface area contributed by atoms with Crippen LogP contribution in [0.3, 0.4) is 0 Å². The maximum atomic E-state index is 2.24. The summed E-state index contributed by atoms with van der Waals surface area (Å²) in [4.78, 5) is 2.24. The van der Waals surface area contributed by atoms with Crippen LogP contribution in [0, 0.1) is 0 Å². The summed E-state index contributed by atoms with van der Waals surface area (Å²) in [6.07, 6.45) is 6.39. The molecule has 0 spiro atoms. The van der Waals surface area contributed by atoms with Gasteiger partial charge < -0.3 is 4.90 Å². The Morgan fingerprint density at radius 3 is 2.50 bits per heavy atom. The second-order valence-corrected chi connectivity index (χ2v) is 3.73. The van der Waals surface area contributed by atoms with Crippen molar-refractivity contribution >= 4 is 0 Å². The quantitative estimate of drug-likeness (QED) is 0.649. The third-order valence-corrected chi connectivity index (χ3v) is 2.63. The first kappa shape index (κ1) is 9.07. The lowest BCUT2D eigenvalue weighted by Gasteiger charge is -2.30. The number of rotatable bonds is 1.